The van der Waals surface area contributed by atoms with Gasteiger partial charge in [0.05, 0.1) is 12.7 Å². The molecule has 0 radical (unpaired) electrons. The van der Waals surface area contributed by atoms with Gasteiger partial charge in [0.1, 0.15) is 0 Å². The fourth-order valence-corrected chi connectivity index (χ4v) is 1.94. The van der Waals surface area contributed by atoms with Gasteiger partial charge in [-0.1, -0.05) is 39.0 Å². The first-order valence-electron chi connectivity index (χ1n) is 5.95. The fourth-order valence-electron chi connectivity index (χ4n) is 1.24. The SMILES string of the molecule is CCCCCCCCOP(O)OC(C)C. The maximum absolute atomic E-state index is 9.28. The summed E-state index contributed by atoms with van der Waals surface area (Å²) < 4.78 is 10.3. The summed E-state index contributed by atoms with van der Waals surface area (Å²) in [6.45, 7) is 6.60. The van der Waals surface area contributed by atoms with Crippen molar-refractivity contribution >= 4 is 8.60 Å². The lowest BCUT2D eigenvalue weighted by Crippen LogP contribution is -2.00. The topological polar surface area (TPSA) is 38.7 Å². The molecular formula is C11H25O3P. The van der Waals surface area contributed by atoms with Crippen LogP contribution in [0.5, 0.6) is 0 Å². The number of rotatable bonds is 10. The van der Waals surface area contributed by atoms with Crippen LogP contribution in [0.25, 0.3) is 0 Å². The minimum Gasteiger partial charge on any atom is -0.328 e. The van der Waals surface area contributed by atoms with E-state index < -0.39 is 8.60 Å². The molecule has 4 heteroatoms. The average Bonchev–Trinajstić information content (AvgIpc) is 2.15. The van der Waals surface area contributed by atoms with Crippen LogP contribution in [-0.2, 0) is 9.05 Å². The van der Waals surface area contributed by atoms with E-state index in [0.29, 0.717) is 6.61 Å². The second kappa shape index (κ2) is 10.8. The van der Waals surface area contributed by atoms with Crippen molar-refractivity contribution in [3.8, 4) is 0 Å². The van der Waals surface area contributed by atoms with E-state index in [2.05, 4.69) is 6.92 Å². The third kappa shape index (κ3) is 12.2. The van der Waals surface area contributed by atoms with Gasteiger partial charge in [-0.15, -0.1) is 0 Å². The molecule has 0 rings (SSSR count). The largest absolute Gasteiger partial charge is 0.330 e. The Kier molecular flexibility index (Phi) is 11.0. The lowest BCUT2D eigenvalue weighted by molar-refractivity contribution is 0.163. The van der Waals surface area contributed by atoms with Crippen LogP contribution in [0.4, 0.5) is 0 Å². The van der Waals surface area contributed by atoms with E-state index >= 15 is 0 Å². The maximum atomic E-state index is 9.28. The highest BCUT2D eigenvalue weighted by molar-refractivity contribution is 7.40. The first-order valence-corrected chi connectivity index (χ1v) is 7.08. The highest BCUT2D eigenvalue weighted by Gasteiger charge is 2.07. The number of hydrogen-bond donors (Lipinski definition) is 1. The fraction of sp³-hybridized carbons (Fsp3) is 1.00. The molecule has 0 amide bonds. The maximum Gasteiger partial charge on any atom is 0.330 e. The lowest BCUT2D eigenvalue weighted by Gasteiger charge is -2.12. The standard InChI is InChI=1S/C11H25O3P/c1-4-5-6-7-8-9-10-13-15(12)14-11(2)3/h11-12H,4-10H2,1-3H3. The van der Waals surface area contributed by atoms with Gasteiger partial charge in [0.2, 0.25) is 0 Å². The Hall–Kier alpha value is 0.310. The summed E-state index contributed by atoms with van der Waals surface area (Å²) in [6, 6.07) is 0. The van der Waals surface area contributed by atoms with Crippen LogP contribution >= 0.6 is 8.60 Å². The third-order valence-corrected chi connectivity index (χ3v) is 3.01. The zero-order chi connectivity index (χ0) is 11.5. The molecule has 1 unspecified atom stereocenters. The smallest absolute Gasteiger partial charge is 0.328 e. The number of hydrogen-bond acceptors (Lipinski definition) is 3. The summed E-state index contributed by atoms with van der Waals surface area (Å²) in [7, 11) is -1.65. The third-order valence-electron chi connectivity index (χ3n) is 2.00. The Morgan fingerprint density at radius 3 is 2.27 bits per heavy atom. The molecule has 0 bridgehead atoms. The molecule has 0 aliphatic carbocycles. The van der Waals surface area contributed by atoms with Gasteiger partial charge in [-0.25, -0.2) is 0 Å². The van der Waals surface area contributed by atoms with Gasteiger partial charge in [-0.3, -0.25) is 0 Å². The quantitative estimate of drug-likeness (QED) is 0.460. The van der Waals surface area contributed by atoms with E-state index in [1.807, 2.05) is 13.8 Å². The molecule has 0 aromatic carbocycles. The highest BCUT2D eigenvalue weighted by atomic mass is 31.2. The minimum absolute atomic E-state index is 0.0330. The first-order chi connectivity index (χ1) is 7.16. The zero-order valence-corrected chi connectivity index (χ0v) is 11.1. The summed E-state index contributed by atoms with van der Waals surface area (Å²) >= 11 is 0. The molecule has 1 N–H and O–H groups in total. The summed E-state index contributed by atoms with van der Waals surface area (Å²) in [5.74, 6) is 0. The Morgan fingerprint density at radius 2 is 1.67 bits per heavy atom. The van der Waals surface area contributed by atoms with Crippen molar-refractivity contribution in [2.75, 3.05) is 6.61 Å². The van der Waals surface area contributed by atoms with Gasteiger partial charge in [-0.05, 0) is 20.3 Å². The predicted molar refractivity (Wildman–Crippen MR) is 64.7 cm³/mol. The molecule has 0 heterocycles. The minimum atomic E-state index is -1.65. The monoisotopic (exact) mass is 236 g/mol. The van der Waals surface area contributed by atoms with Crippen LogP contribution in [0.3, 0.4) is 0 Å². The van der Waals surface area contributed by atoms with Gasteiger partial charge in [0, 0.05) is 0 Å². The molecule has 0 aliphatic rings. The Bertz CT molecular complexity index is 131. The van der Waals surface area contributed by atoms with Crippen LogP contribution in [0, 0.1) is 0 Å². The molecule has 0 aliphatic heterocycles. The van der Waals surface area contributed by atoms with Crippen molar-refractivity contribution in [2.45, 2.75) is 65.4 Å². The van der Waals surface area contributed by atoms with Crippen molar-refractivity contribution in [2.24, 2.45) is 0 Å². The molecule has 15 heavy (non-hydrogen) atoms. The number of unbranched alkanes of at least 4 members (excludes halogenated alkanes) is 5. The van der Waals surface area contributed by atoms with Crippen LogP contribution < -0.4 is 0 Å². The summed E-state index contributed by atoms with van der Waals surface area (Å²) in [6.07, 6.45) is 7.42. The van der Waals surface area contributed by atoms with Gasteiger partial charge in [0.25, 0.3) is 0 Å². The second-order valence-corrected chi connectivity index (χ2v) is 4.94. The van der Waals surface area contributed by atoms with Crippen molar-refractivity contribution in [3.63, 3.8) is 0 Å². The molecule has 0 spiro atoms. The van der Waals surface area contributed by atoms with E-state index in [1.165, 1.54) is 32.1 Å². The van der Waals surface area contributed by atoms with E-state index in [1.54, 1.807) is 0 Å². The lowest BCUT2D eigenvalue weighted by atomic mass is 10.1. The zero-order valence-electron chi connectivity index (χ0n) is 10.2. The van der Waals surface area contributed by atoms with Crippen LogP contribution in [0.2, 0.25) is 0 Å². The summed E-state index contributed by atoms with van der Waals surface area (Å²) in [4.78, 5) is 9.28. The highest BCUT2D eigenvalue weighted by Crippen LogP contribution is 2.34. The molecule has 3 nitrogen and oxygen atoms in total. The van der Waals surface area contributed by atoms with E-state index in [-0.39, 0.29) is 6.10 Å². The summed E-state index contributed by atoms with van der Waals surface area (Å²) in [5.41, 5.74) is 0. The predicted octanol–water partition coefficient (Wildman–Crippen LogP) is 4.01. The molecule has 0 aromatic rings. The van der Waals surface area contributed by atoms with Crippen molar-refractivity contribution in [3.05, 3.63) is 0 Å². The Balaban J connectivity index is 3.09. The molecule has 0 fully saturated rings. The normalized spacial score (nSPS) is 13.4. The van der Waals surface area contributed by atoms with Gasteiger partial charge in [0.15, 0.2) is 0 Å². The van der Waals surface area contributed by atoms with Crippen LogP contribution in [-0.4, -0.2) is 17.6 Å². The van der Waals surface area contributed by atoms with Gasteiger partial charge in [-0.2, -0.15) is 0 Å². The van der Waals surface area contributed by atoms with Crippen molar-refractivity contribution in [1.82, 2.24) is 0 Å². The molecule has 0 saturated carbocycles. The Labute approximate surface area is 95.2 Å². The average molecular weight is 236 g/mol. The van der Waals surface area contributed by atoms with Gasteiger partial charge < -0.3 is 13.9 Å². The van der Waals surface area contributed by atoms with E-state index in [4.69, 9.17) is 9.05 Å². The first kappa shape index (κ1) is 15.3. The van der Waals surface area contributed by atoms with E-state index in [9.17, 15) is 4.89 Å². The Morgan fingerprint density at radius 1 is 1.07 bits per heavy atom. The van der Waals surface area contributed by atoms with Gasteiger partial charge >= 0.3 is 8.60 Å². The van der Waals surface area contributed by atoms with E-state index in [0.717, 1.165) is 6.42 Å². The second-order valence-electron chi connectivity index (χ2n) is 3.99. The van der Waals surface area contributed by atoms with Crippen molar-refractivity contribution in [1.29, 1.82) is 0 Å². The molecular weight excluding hydrogens is 211 g/mol. The molecule has 92 valence electrons. The molecule has 0 saturated heterocycles. The van der Waals surface area contributed by atoms with Crippen LogP contribution in [0.15, 0.2) is 0 Å². The van der Waals surface area contributed by atoms with Crippen molar-refractivity contribution < 1.29 is 13.9 Å². The van der Waals surface area contributed by atoms with Crippen LogP contribution in [0.1, 0.15) is 59.3 Å². The molecule has 0 aromatic heterocycles. The molecule has 1 atom stereocenters. The summed E-state index contributed by atoms with van der Waals surface area (Å²) in [5, 5.41) is 0.